The molecule has 0 aliphatic rings. The summed E-state index contributed by atoms with van der Waals surface area (Å²) in [7, 11) is 1.31. The van der Waals surface area contributed by atoms with Crippen molar-refractivity contribution in [3.63, 3.8) is 0 Å². The van der Waals surface area contributed by atoms with Gasteiger partial charge in [0.2, 0.25) is 0 Å². The van der Waals surface area contributed by atoms with Crippen LogP contribution in [-0.2, 0) is 20.7 Å². The number of aromatic nitrogens is 2. The Labute approximate surface area is 157 Å². The lowest BCUT2D eigenvalue weighted by Crippen LogP contribution is -2.20. The van der Waals surface area contributed by atoms with Gasteiger partial charge in [-0.25, -0.2) is 4.98 Å². The van der Waals surface area contributed by atoms with E-state index in [4.69, 9.17) is 16.3 Å². The third kappa shape index (κ3) is 4.27. The van der Waals surface area contributed by atoms with E-state index >= 15 is 0 Å². The molecule has 0 bridgehead atoms. The third-order valence-corrected chi connectivity index (χ3v) is 4.53. The van der Waals surface area contributed by atoms with Crippen LogP contribution in [0.2, 0.25) is 5.02 Å². The molecule has 0 spiro atoms. The molecule has 2 heterocycles. The number of fused-ring (bicyclic) bond motifs is 1. The van der Waals surface area contributed by atoms with Gasteiger partial charge < -0.3 is 9.47 Å². The number of halogens is 1. The molecule has 9 heteroatoms. The number of nitrogens with one attached hydrogen (secondary N) is 1. The van der Waals surface area contributed by atoms with Crippen LogP contribution >= 0.6 is 22.9 Å². The number of esters is 1. The Bertz CT molecular complexity index is 960. The molecule has 0 saturated carbocycles. The summed E-state index contributed by atoms with van der Waals surface area (Å²) >= 11 is 7.35. The fraction of sp³-hybridized carbons (Fsp3) is 0.176. The lowest BCUT2D eigenvalue weighted by Gasteiger charge is -2.09. The van der Waals surface area contributed by atoms with Crippen molar-refractivity contribution in [2.45, 2.75) is 6.42 Å². The van der Waals surface area contributed by atoms with Gasteiger partial charge in [0, 0.05) is 17.0 Å². The number of pyridine rings is 1. The molecular weight excluding hydrogens is 378 g/mol. The third-order valence-electron chi connectivity index (χ3n) is 3.39. The first kappa shape index (κ1) is 18.1. The second kappa shape index (κ2) is 8.11. The van der Waals surface area contributed by atoms with Crippen molar-refractivity contribution in [1.29, 1.82) is 0 Å². The summed E-state index contributed by atoms with van der Waals surface area (Å²) in [6.07, 6.45) is 1.69. The highest BCUT2D eigenvalue weighted by atomic mass is 35.5. The number of hydrogen-bond acceptors (Lipinski definition) is 7. The Morgan fingerprint density at radius 2 is 2.15 bits per heavy atom. The van der Waals surface area contributed by atoms with Crippen LogP contribution in [0.1, 0.15) is 5.69 Å². The SMILES string of the molecule is COC(=O)Cc1csc(NC(=O)COc2ccc(Cl)c3cccnc23)n1. The Morgan fingerprint density at radius 3 is 2.96 bits per heavy atom. The van der Waals surface area contributed by atoms with Gasteiger partial charge in [-0.05, 0) is 24.3 Å². The first-order chi connectivity index (χ1) is 12.6. The fourth-order valence-corrected chi connectivity index (χ4v) is 3.13. The summed E-state index contributed by atoms with van der Waals surface area (Å²) in [5.74, 6) is -0.299. The molecule has 134 valence electrons. The summed E-state index contributed by atoms with van der Waals surface area (Å²) in [6.45, 7) is -0.209. The minimum absolute atomic E-state index is 0.0573. The number of ether oxygens (including phenoxy) is 2. The number of amides is 1. The highest BCUT2D eigenvalue weighted by molar-refractivity contribution is 7.13. The highest BCUT2D eigenvalue weighted by Crippen LogP contribution is 2.29. The predicted molar refractivity (Wildman–Crippen MR) is 98.7 cm³/mol. The Hall–Kier alpha value is -2.71. The van der Waals surface area contributed by atoms with Crippen LogP contribution in [0.4, 0.5) is 5.13 Å². The van der Waals surface area contributed by atoms with E-state index in [-0.39, 0.29) is 18.9 Å². The van der Waals surface area contributed by atoms with Gasteiger partial charge in [-0.1, -0.05) is 11.6 Å². The molecule has 1 amide bonds. The highest BCUT2D eigenvalue weighted by Gasteiger charge is 2.12. The van der Waals surface area contributed by atoms with Crippen molar-refractivity contribution in [2.24, 2.45) is 0 Å². The van der Waals surface area contributed by atoms with Crippen LogP contribution in [0.15, 0.2) is 35.8 Å². The molecule has 0 saturated heterocycles. The van der Waals surface area contributed by atoms with Crippen molar-refractivity contribution in [3.05, 3.63) is 46.6 Å². The van der Waals surface area contributed by atoms with E-state index in [1.807, 2.05) is 6.07 Å². The van der Waals surface area contributed by atoms with E-state index < -0.39 is 5.97 Å². The summed E-state index contributed by atoms with van der Waals surface area (Å²) in [6, 6.07) is 6.97. The number of anilines is 1. The van der Waals surface area contributed by atoms with E-state index in [9.17, 15) is 9.59 Å². The molecule has 2 aromatic heterocycles. The maximum Gasteiger partial charge on any atom is 0.311 e. The van der Waals surface area contributed by atoms with Crippen LogP contribution < -0.4 is 10.1 Å². The first-order valence-electron chi connectivity index (χ1n) is 7.54. The molecule has 0 fully saturated rings. The van der Waals surface area contributed by atoms with Gasteiger partial charge in [0.05, 0.1) is 24.2 Å². The van der Waals surface area contributed by atoms with Crippen LogP contribution in [-0.4, -0.2) is 35.6 Å². The molecule has 1 aromatic carbocycles. The maximum atomic E-state index is 12.1. The average molecular weight is 392 g/mol. The summed E-state index contributed by atoms with van der Waals surface area (Å²) in [4.78, 5) is 31.7. The van der Waals surface area contributed by atoms with E-state index in [0.717, 1.165) is 5.39 Å². The van der Waals surface area contributed by atoms with Crippen molar-refractivity contribution in [1.82, 2.24) is 9.97 Å². The number of carbonyl (C=O) groups excluding carboxylic acids is 2. The second-order valence-corrected chi connectivity index (χ2v) is 6.44. The molecule has 0 radical (unpaired) electrons. The zero-order chi connectivity index (χ0) is 18.5. The second-order valence-electron chi connectivity index (χ2n) is 5.18. The minimum Gasteiger partial charge on any atom is -0.481 e. The van der Waals surface area contributed by atoms with E-state index in [1.54, 1.807) is 29.8 Å². The van der Waals surface area contributed by atoms with E-state index in [0.29, 0.717) is 27.1 Å². The minimum atomic E-state index is -0.390. The van der Waals surface area contributed by atoms with Gasteiger partial charge >= 0.3 is 5.97 Å². The number of carbonyl (C=O) groups is 2. The summed E-state index contributed by atoms with van der Waals surface area (Å²) in [5.41, 5.74) is 1.12. The van der Waals surface area contributed by atoms with Gasteiger partial charge in [-0.15, -0.1) is 11.3 Å². The summed E-state index contributed by atoms with van der Waals surface area (Å²) in [5, 5.41) is 6.01. The van der Waals surface area contributed by atoms with Crippen molar-refractivity contribution in [3.8, 4) is 5.75 Å². The van der Waals surface area contributed by atoms with Crippen LogP contribution in [0.25, 0.3) is 10.9 Å². The number of rotatable bonds is 6. The van der Waals surface area contributed by atoms with Gasteiger partial charge in [-0.3, -0.25) is 19.9 Å². The van der Waals surface area contributed by atoms with Crippen molar-refractivity contribution in [2.75, 3.05) is 19.0 Å². The molecule has 26 heavy (non-hydrogen) atoms. The fourth-order valence-electron chi connectivity index (χ4n) is 2.19. The molecule has 0 aliphatic carbocycles. The summed E-state index contributed by atoms with van der Waals surface area (Å²) < 4.78 is 10.1. The Balaban J connectivity index is 1.61. The average Bonchev–Trinajstić information content (AvgIpc) is 3.08. The topological polar surface area (TPSA) is 90.4 Å². The molecule has 3 rings (SSSR count). The molecule has 0 atom stereocenters. The molecule has 7 nitrogen and oxygen atoms in total. The lowest BCUT2D eigenvalue weighted by molar-refractivity contribution is -0.139. The van der Waals surface area contributed by atoms with Gasteiger partial charge in [0.25, 0.3) is 5.91 Å². The largest absolute Gasteiger partial charge is 0.481 e. The number of nitrogens with zero attached hydrogens (tertiary/aromatic N) is 2. The quantitative estimate of drug-likeness (QED) is 0.649. The Morgan fingerprint density at radius 1 is 1.31 bits per heavy atom. The van der Waals surface area contributed by atoms with Gasteiger partial charge in [0.1, 0.15) is 11.3 Å². The molecule has 0 aliphatic heterocycles. The standard InChI is InChI=1S/C17H14ClN3O4S/c1-24-15(23)7-10-9-26-17(20-10)21-14(22)8-25-13-5-4-12(18)11-3-2-6-19-16(11)13/h2-6,9H,7-8H2,1H3,(H,20,21,22). The molecule has 1 N–H and O–H groups in total. The van der Waals surface area contributed by atoms with Crippen LogP contribution in [0.5, 0.6) is 5.75 Å². The van der Waals surface area contributed by atoms with Crippen molar-refractivity contribution < 1.29 is 19.1 Å². The van der Waals surface area contributed by atoms with Crippen LogP contribution in [0, 0.1) is 0 Å². The van der Waals surface area contributed by atoms with Gasteiger partial charge in [0.15, 0.2) is 11.7 Å². The molecular formula is C17H14ClN3O4S. The molecule has 0 unspecified atom stereocenters. The van der Waals surface area contributed by atoms with Crippen molar-refractivity contribution >= 4 is 50.8 Å². The number of benzene rings is 1. The lowest BCUT2D eigenvalue weighted by atomic mass is 10.2. The monoisotopic (exact) mass is 391 g/mol. The predicted octanol–water partition coefficient (Wildman–Crippen LogP) is 3.08. The number of hydrogen-bond donors (Lipinski definition) is 1. The normalized spacial score (nSPS) is 10.5. The Kier molecular flexibility index (Phi) is 5.65. The number of methoxy groups -OCH3 is 1. The smallest absolute Gasteiger partial charge is 0.311 e. The zero-order valence-corrected chi connectivity index (χ0v) is 15.3. The maximum absolute atomic E-state index is 12.1. The van der Waals surface area contributed by atoms with E-state index in [1.165, 1.54) is 18.4 Å². The zero-order valence-electron chi connectivity index (χ0n) is 13.7. The van der Waals surface area contributed by atoms with Gasteiger partial charge in [-0.2, -0.15) is 0 Å². The molecule has 3 aromatic rings. The van der Waals surface area contributed by atoms with E-state index in [2.05, 4.69) is 20.0 Å². The van der Waals surface area contributed by atoms with Crippen LogP contribution in [0.3, 0.4) is 0 Å². The number of thiazole rings is 1. The first-order valence-corrected chi connectivity index (χ1v) is 8.79.